The van der Waals surface area contributed by atoms with Crippen molar-refractivity contribution in [1.29, 1.82) is 0 Å². The summed E-state index contributed by atoms with van der Waals surface area (Å²) < 4.78 is 0. The maximum atomic E-state index is 6.27. The number of anilines is 2. The molecule has 98 valence electrons. The molecular weight excluding hydrogens is 258 g/mol. The van der Waals surface area contributed by atoms with Gasteiger partial charge < -0.3 is 10.6 Å². The second-order valence-electron chi connectivity index (χ2n) is 4.75. The van der Waals surface area contributed by atoms with Crippen molar-refractivity contribution in [1.82, 2.24) is 4.98 Å². The van der Waals surface area contributed by atoms with Gasteiger partial charge in [0.1, 0.15) is 0 Å². The van der Waals surface area contributed by atoms with Gasteiger partial charge in [0.2, 0.25) is 0 Å². The zero-order valence-corrected chi connectivity index (χ0v) is 11.3. The molecule has 1 aromatic heterocycles. The van der Waals surface area contributed by atoms with Gasteiger partial charge in [-0.1, -0.05) is 29.8 Å². The van der Waals surface area contributed by atoms with Gasteiger partial charge in [0, 0.05) is 24.3 Å². The van der Waals surface area contributed by atoms with Crippen LogP contribution in [0.15, 0.2) is 42.6 Å². The fourth-order valence-electron chi connectivity index (χ4n) is 2.72. The van der Waals surface area contributed by atoms with Crippen molar-refractivity contribution in [3.63, 3.8) is 0 Å². The monoisotopic (exact) mass is 273 g/mol. The minimum atomic E-state index is 0.458. The number of benzene rings is 1. The number of pyridine rings is 1. The Balaban J connectivity index is 2.03. The molecule has 0 aliphatic carbocycles. The van der Waals surface area contributed by atoms with Crippen LogP contribution in [0.1, 0.15) is 17.9 Å². The fraction of sp³-hybridized carbons (Fsp3) is 0.267. The molecule has 19 heavy (non-hydrogen) atoms. The van der Waals surface area contributed by atoms with E-state index in [0.717, 1.165) is 18.8 Å². The molecular formula is C15H16ClN3. The molecule has 2 heterocycles. The Morgan fingerprint density at radius 1 is 1.26 bits per heavy atom. The molecule has 1 unspecified atom stereocenters. The highest BCUT2D eigenvalue weighted by Gasteiger charge is 2.30. The van der Waals surface area contributed by atoms with E-state index in [-0.39, 0.29) is 0 Å². The number of rotatable bonds is 3. The maximum Gasteiger partial charge on any atom is 0.151 e. The van der Waals surface area contributed by atoms with E-state index in [1.807, 2.05) is 18.2 Å². The van der Waals surface area contributed by atoms with Crippen LogP contribution in [0.5, 0.6) is 0 Å². The van der Waals surface area contributed by atoms with Crippen molar-refractivity contribution in [2.45, 2.75) is 12.3 Å². The highest BCUT2D eigenvalue weighted by molar-refractivity contribution is 6.33. The number of nitrogens with zero attached hydrogens (tertiary/aromatic N) is 2. The van der Waals surface area contributed by atoms with Gasteiger partial charge in [-0.05, 0) is 36.7 Å². The zero-order valence-electron chi connectivity index (χ0n) is 10.6. The summed E-state index contributed by atoms with van der Waals surface area (Å²) in [5, 5.41) is 0.686. The van der Waals surface area contributed by atoms with E-state index >= 15 is 0 Å². The topological polar surface area (TPSA) is 42.1 Å². The number of fused-ring (bicyclic) bond motifs is 1. The van der Waals surface area contributed by atoms with E-state index in [2.05, 4.69) is 28.1 Å². The molecule has 0 fully saturated rings. The van der Waals surface area contributed by atoms with Crippen LogP contribution in [0.2, 0.25) is 5.02 Å². The molecule has 0 spiro atoms. The normalized spacial score (nSPS) is 17.6. The maximum absolute atomic E-state index is 6.27. The number of aromatic nitrogens is 1. The summed E-state index contributed by atoms with van der Waals surface area (Å²) in [4.78, 5) is 6.61. The highest BCUT2D eigenvalue weighted by atomic mass is 35.5. The van der Waals surface area contributed by atoms with Crippen LogP contribution in [0.25, 0.3) is 0 Å². The second-order valence-corrected chi connectivity index (χ2v) is 5.16. The summed E-state index contributed by atoms with van der Waals surface area (Å²) in [6, 6.07) is 12.1. The highest BCUT2D eigenvalue weighted by Crippen LogP contribution is 2.42. The van der Waals surface area contributed by atoms with E-state index in [9.17, 15) is 0 Å². The largest absolute Gasteiger partial charge is 0.330 e. The summed E-state index contributed by atoms with van der Waals surface area (Å²) >= 11 is 6.27. The molecule has 3 rings (SSSR count). The van der Waals surface area contributed by atoms with Crippen LogP contribution in [0.3, 0.4) is 0 Å². The fourth-order valence-corrected chi connectivity index (χ4v) is 2.94. The third-order valence-electron chi connectivity index (χ3n) is 3.58. The second kappa shape index (κ2) is 5.19. The molecule has 2 N–H and O–H groups in total. The van der Waals surface area contributed by atoms with Crippen molar-refractivity contribution < 1.29 is 0 Å². The minimum Gasteiger partial charge on any atom is -0.330 e. The molecule has 0 bridgehead atoms. The van der Waals surface area contributed by atoms with Gasteiger partial charge in [-0.2, -0.15) is 0 Å². The molecule has 0 saturated carbocycles. The Morgan fingerprint density at radius 3 is 2.89 bits per heavy atom. The molecule has 1 aliphatic rings. The summed E-state index contributed by atoms with van der Waals surface area (Å²) in [7, 11) is 0. The molecule has 3 nitrogen and oxygen atoms in total. The lowest BCUT2D eigenvalue weighted by Crippen LogP contribution is -2.18. The molecule has 0 saturated heterocycles. The molecule has 1 atom stereocenters. The average Bonchev–Trinajstić information content (AvgIpc) is 2.79. The van der Waals surface area contributed by atoms with Gasteiger partial charge in [-0.3, -0.25) is 0 Å². The number of nitrogens with two attached hydrogens (primary N) is 1. The van der Waals surface area contributed by atoms with E-state index in [0.29, 0.717) is 17.5 Å². The third-order valence-corrected chi connectivity index (χ3v) is 3.88. The predicted octanol–water partition coefficient (Wildman–Crippen LogP) is 3.32. The van der Waals surface area contributed by atoms with Crippen molar-refractivity contribution in [2.75, 3.05) is 18.0 Å². The molecule has 1 aromatic carbocycles. The summed E-state index contributed by atoms with van der Waals surface area (Å²) in [6.45, 7) is 1.59. The quantitative estimate of drug-likeness (QED) is 0.933. The van der Waals surface area contributed by atoms with Crippen molar-refractivity contribution in [3.05, 3.63) is 53.2 Å². The van der Waals surface area contributed by atoms with Gasteiger partial charge in [0.15, 0.2) is 5.82 Å². The Kier molecular flexibility index (Phi) is 3.40. The first kappa shape index (κ1) is 12.5. The molecule has 2 aromatic rings. The Bertz CT molecular complexity index is 585. The van der Waals surface area contributed by atoms with Gasteiger partial charge in [-0.15, -0.1) is 0 Å². The average molecular weight is 274 g/mol. The SMILES string of the molecule is NCCC1CN(c2ncccc2Cl)c2ccccc21. The lowest BCUT2D eigenvalue weighted by atomic mass is 9.98. The van der Waals surface area contributed by atoms with E-state index in [1.54, 1.807) is 6.20 Å². The van der Waals surface area contributed by atoms with Gasteiger partial charge in [-0.25, -0.2) is 4.98 Å². The van der Waals surface area contributed by atoms with E-state index in [4.69, 9.17) is 17.3 Å². The van der Waals surface area contributed by atoms with E-state index < -0.39 is 0 Å². The van der Waals surface area contributed by atoms with Crippen molar-refractivity contribution in [2.24, 2.45) is 5.73 Å². The number of para-hydroxylation sites is 1. The van der Waals surface area contributed by atoms with Crippen molar-refractivity contribution in [3.8, 4) is 0 Å². The number of hydrogen-bond donors (Lipinski definition) is 1. The Hall–Kier alpha value is -1.58. The first-order valence-corrected chi connectivity index (χ1v) is 6.86. The van der Waals surface area contributed by atoms with Crippen LogP contribution < -0.4 is 10.6 Å². The summed E-state index contributed by atoms with van der Waals surface area (Å²) in [5.41, 5.74) is 8.26. The zero-order chi connectivity index (χ0) is 13.2. The van der Waals surface area contributed by atoms with Crippen LogP contribution >= 0.6 is 11.6 Å². The number of hydrogen-bond acceptors (Lipinski definition) is 3. The predicted molar refractivity (Wildman–Crippen MR) is 79.1 cm³/mol. The first-order chi connectivity index (χ1) is 9.31. The third kappa shape index (κ3) is 2.20. The standard InChI is InChI=1S/C15H16ClN3/c16-13-5-3-9-18-15(13)19-10-11(7-8-17)12-4-1-2-6-14(12)19/h1-6,9,11H,7-8,10,17H2. The van der Waals surface area contributed by atoms with Gasteiger partial charge in [0.25, 0.3) is 0 Å². The molecule has 0 amide bonds. The molecule has 0 radical (unpaired) electrons. The Morgan fingerprint density at radius 2 is 2.11 bits per heavy atom. The van der Waals surface area contributed by atoms with Crippen molar-refractivity contribution >= 4 is 23.1 Å². The van der Waals surface area contributed by atoms with Crippen LogP contribution in [-0.4, -0.2) is 18.1 Å². The van der Waals surface area contributed by atoms with Crippen LogP contribution in [0.4, 0.5) is 11.5 Å². The number of halogens is 1. The Labute approximate surface area is 118 Å². The summed E-state index contributed by atoms with van der Waals surface area (Å²) in [6.07, 6.45) is 2.76. The minimum absolute atomic E-state index is 0.458. The lowest BCUT2D eigenvalue weighted by molar-refractivity contribution is 0.667. The first-order valence-electron chi connectivity index (χ1n) is 6.48. The van der Waals surface area contributed by atoms with Crippen LogP contribution in [0, 0.1) is 0 Å². The molecule has 4 heteroatoms. The van der Waals surface area contributed by atoms with Crippen LogP contribution in [-0.2, 0) is 0 Å². The van der Waals surface area contributed by atoms with Gasteiger partial charge in [0.05, 0.1) is 5.02 Å². The summed E-state index contributed by atoms with van der Waals surface area (Å²) in [5.74, 6) is 1.29. The lowest BCUT2D eigenvalue weighted by Gasteiger charge is -2.19. The smallest absolute Gasteiger partial charge is 0.151 e. The molecule has 1 aliphatic heterocycles. The van der Waals surface area contributed by atoms with Gasteiger partial charge >= 0.3 is 0 Å². The van der Waals surface area contributed by atoms with E-state index in [1.165, 1.54) is 11.3 Å².